The molecule has 2 aliphatic rings. The van der Waals surface area contributed by atoms with Crippen LogP contribution in [0.4, 0.5) is 0 Å². The first-order chi connectivity index (χ1) is 7.77. The molecule has 2 saturated heterocycles. The van der Waals surface area contributed by atoms with Crippen molar-refractivity contribution in [2.24, 2.45) is 11.8 Å². The number of rotatable bonds is 4. The number of nitrogens with one attached hydrogen (secondary N) is 2. The Hall–Kier alpha value is 0.420. The lowest BCUT2D eigenvalue weighted by Gasteiger charge is -2.32. The molecule has 2 aliphatic heterocycles. The van der Waals surface area contributed by atoms with Crippen LogP contribution in [0.1, 0.15) is 6.92 Å². The van der Waals surface area contributed by atoms with Crippen molar-refractivity contribution in [2.45, 2.75) is 12.2 Å². The van der Waals surface area contributed by atoms with Crippen LogP contribution in [0.3, 0.4) is 0 Å². The van der Waals surface area contributed by atoms with Crippen LogP contribution in [0.25, 0.3) is 0 Å². The van der Waals surface area contributed by atoms with Gasteiger partial charge in [0.05, 0.1) is 0 Å². The highest BCUT2D eigenvalue weighted by Crippen LogP contribution is 2.23. The molecule has 100 valence electrons. The van der Waals surface area contributed by atoms with Crippen molar-refractivity contribution in [1.29, 1.82) is 0 Å². The first-order valence-electron chi connectivity index (χ1n) is 5.95. The topological polar surface area (TPSA) is 41.1 Å². The van der Waals surface area contributed by atoms with Gasteiger partial charge in [-0.25, -0.2) is 0 Å². The lowest BCUT2D eigenvalue weighted by molar-refractivity contribution is -0.126. The Labute approximate surface area is 118 Å². The molecular formula is C11H21ClN2OS2. The van der Waals surface area contributed by atoms with Crippen molar-refractivity contribution >= 4 is 41.8 Å². The number of halogens is 1. The molecule has 0 aromatic carbocycles. The molecule has 2 rings (SSSR count). The fourth-order valence-corrected chi connectivity index (χ4v) is 4.52. The average Bonchev–Trinajstić information content (AvgIpc) is 2.25. The van der Waals surface area contributed by atoms with E-state index in [9.17, 15) is 4.79 Å². The van der Waals surface area contributed by atoms with E-state index in [4.69, 9.17) is 0 Å². The molecule has 6 heteroatoms. The normalized spacial score (nSPS) is 26.5. The summed E-state index contributed by atoms with van der Waals surface area (Å²) in [6.07, 6.45) is 0. The van der Waals surface area contributed by atoms with Crippen molar-refractivity contribution in [2.75, 3.05) is 36.9 Å². The van der Waals surface area contributed by atoms with Gasteiger partial charge in [-0.1, -0.05) is 6.92 Å². The Balaban J connectivity index is 0.00000144. The molecule has 2 N–H and O–H groups in total. The molecule has 0 aromatic rings. The quantitative estimate of drug-likeness (QED) is 0.819. The maximum atomic E-state index is 11.9. The van der Waals surface area contributed by atoms with E-state index in [1.807, 2.05) is 30.4 Å². The maximum Gasteiger partial charge on any atom is 0.223 e. The standard InChI is InChI=1S/C11H20N2OS2.ClH/c1-8(9-4-12-5-9)11(14)13-6-10-7-15-2-3-16-10;/h8-10,12H,2-7H2,1H3,(H,13,14);1H. The van der Waals surface area contributed by atoms with Gasteiger partial charge in [0.1, 0.15) is 0 Å². The summed E-state index contributed by atoms with van der Waals surface area (Å²) in [5.41, 5.74) is 0. The summed E-state index contributed by atoms with van der Waals surface area (Å²) in [5, 5.41) is 6.94. The lowest BCUT2D eigenvalue weighted by Crippen LogP contribution is -2.50. The molecule has 0 aliphatic carbocycles. The second kappa shape index (κ2) is 7.77. The van der Waals surface area contributed by atoms with Crippen LogP contribution >= 0.6 is 35.9 Å². The third-order valence-electron chi connectivity index (χ3n) is 3.32. The minimum Gasteiger partial charge on any atom is -0.355 e. The predicted octanol–water partition coefficient (Wildman–Crippen LogP) is 1.23. The Morgan fingerprint density at radius 3 is 2.76 bits per heavy atom. The van der Waals surface area contributed by atoms with Crippen LogP contribution in [0.15, 0.2) is 0 Å². The molecule has 0 saturated carbocycles. The number of amides is 1. The monoisotopic (exact) mass is 296 g/mol. The third kappa shape index (κ3) is 4.54. The van der Waals surface area contributed by atoms with Gasteiger partial charge in [0.2, 0.25) is 5.91 Å². The van der Waals surface area contributed by atoms with Gasteiger partial charge in [-0.3, -0.25) is 4.79 Å². The molecular weight excluding hydrogens is 276 g/mol. The van der Waals surface area contributed by atoms with E-state index in [1.165, 1.54) is 17.3 Å². The minimum atomic E-state index is 0. The van der Waals surface area contributed by atoms with Gasteiger partial charge in [0.25, 0.3) is 0 Å². The smallest absolute Gasteiger partial charge is 0.223 e. The van der Waals surface area contributed by atoms with E-state index in [2.05, 4.69) is 10.6 Å². The number of hydrogen-bond acceptors (Lipinski definition) is 4. The van der Waals surface area contributed by atoms with Gasteiger partial charge in [-0.05, 0) is 19.0 Å². The summed E-state index contributed by atoms with van der Waals surface area (Å²) in [7, 11) is 0. The van der Waals surface area contributed by atoms with Crippen molar-refractivity contribution in [3.63, 3.8) is 0 Å². The van der Waals surface area contributed by atoms with Crippen LogP contribution in [-0.2, 0) is 4.79 Å². The van der Waals surface area contributed by atoms with E-state index in [-0.39, 0.29) is 24.2 Å². The first kappa shape index (κ1) is 15.5. The molecule has 2 atom stereocenters. The molecule has 0 bridgehead atoms. The minimum absolute atomic E-state index is 0. The van der Waals surface area contributed by atoms with Crippen molar-refractivity contribution in [3.05, 3.63) is 0 Å². The fraction of sp³-hybridized carbons (Fsp3) is 0.909. The van der Waals surface area contributed by atoms with E-state index >= 15 is 0 Å². The van der Waals surface area contributed by atoms with Gasteiger partial charge < -0.3 is 10.6 Å². The van der Waals surface area contributed by atoms with Crippen molar-refractivity contribution in [3.8, 4) is 0 Å². The van der Waals surface area contributed by atoms with Crippen molar-refractivity contribution < 1.29 is 4.79 Å². The number of carbonyl (C=O) groups is 1. The molecule has 3 nitrogen and oxygen atoms in total. The summed E-state index contributed by atoms with van der Waals surface area (Å²) in [4.78, 5) is 11.9. The molecule has 2 unspecified atom stereocenters. The van der Waals surface area contributed by atoms with Crippen molar-refractivity contribution in [1.82, 2.24) is 10.6 Å². The summed E-state index contributed by atoms with van der Waals surface area (Å²) in [5.74, 6) is 4.63. The van der Waals surface area contributed by atoms with Gasteiger partial charge in [0.15, 0.2) is 0 Å². The van der Waals surface area contributed by atoms with Crippen LogP contribution in [0.2, 0.25) is 0 Å². The molecule has 0 spiro atoms. The summed E-state index contributed by atoms with van der Waals surface area (Å²) in [6, 6.07) is 0. The molecule has 1 amide bonds. The number of hydrogen-bond donors (Lipinski definition) is 2. The Morgan fingerprint density at radius 2 is 2.24 bits per heavy atom. The zero-order valence-electron chi connectivity index (χ0n) is 10.1. The van der Waals surface area contributed by atoms with Crippen LogP contribution in [0, 0.1) is 11.8 Å². The molecule has 2 heterocycles. The van der Waals surface area contributed by atoms with E-state index in [0.717, 1.165) is 19.6 Å². The number of thioether (sulfide) groups is 2. The largest absolute Gasteiger partial charge is 0.355 e. The van der Waals surface area contributed by atoms with Crippen LogP contribution in [-0.4, -0.2) is 48.0 Å². The number of carbonyl (C=O) groups excluding carboxylic acids is 1. The zero-order chi connectivity index (χ0) is 11.4. The van der Waals surface area contributed by atoms with Crippen LogP contribution in [0.5, 0.6) is 0 Å². The Bertz CT molecular complexity index is 246. The summed E-state index contributed by atoms with van der Waals surface area (Å²) in [6.45, 7) is 4.90. The van der Waals surface area contributed by atoms with E-state index in [0.29, 0.717) is 11.2 Å². The highest BCUT2D eigenvalue weighted by Gasteiger charge is 2.28. The average molecular weight is 297 g/mol. The molecule has 0 aromatic heterocycles. The van der Waals surface area contributed by atoms with E-state index < -0.39 is 0 Å². The van der Waals surface area contributed by atoms with E-state index in [1.54, 1.807) is 0 Å². The Kier molecular flexibility index (Phi) is 7.07. The van der Waals surface area contributed by atoms with Gasteiger partial charge in [0, 0.05) is 35.0 Å². The molecule has 2 fully saturated rings. The highest BCUT2D eigenvalue weighted by molar-refractivity contribution is 8.06. The van der Waals surface area contributed by atoms with Gasteiger partial charge in [-0.2, -0.15) is 23.5 Å². The SMILES string of the molecule is CC(C(=O)NCC1CSCCS1)C1CNC1.Cl. The highest BCUT2D eigenvalue weighted by atomic mass is 35.5. The second-order valence-corrected chi connectivity index (χ2v) is 7.08. The summed E-state index contributed by atoms with van der Waals surface area (Å²) >= 11 is 4.00. The second-order valence-electron chi connectivity index (χ2n) is 4.52. The predicted molar refractivity (Wildman–Crippen MR) is 79.4 cm³/mol. The van der Waals surface area contributed by atoms with Gasteiger partial charge in [-0.15, -0.1) is 12.4 Å². The molecule has 0 radical (unpaired) electrons. The lowest BCUT2D eigenvalue weighted by atomic mass is 9.88. The third-order valence-corrected chi connectivity index (χ3v) is 6.17. The zero-order valence-corrected chi connectivity index (χ0v) is 12.6. The maximum absolute atomic E-state index is 11.9. The van der Waals surface area contributed by atoms with Crippen LogP contribution < -0.4 is 10.6 Å². The fourth-order valence-electron chi connectivity index (χ4n) is 1.91. The Morgan fingerprint density at radius 1 is 1.47 bits per heavy atom. The summed E-state index contributed by atoms with van der Waals surface area (Å²) < 4.78 is 0. The molecule has 17 heavy (non-hydrogen) atoms. The van der Waals surface area contributed by atoms with Gasteiger partial charge >= 0.3 is 0 Å². The first-order valence-corrected chi connectivity index (χ1v) is 8.15.